The summed E-state index contributed by atoms with van der Waals surface area (Å²) in [5.74, 6) is 0.563. The normalized spacial score (nSPS) is 10.7. The molecule has 2 aromatic carbocycles. The van der Waals surface area contributed by atoms with Crippen molar-refractivity contribution in [2.45, 2.75) is 32.5 Å². The Bertz CT molecular complexity index is 1060. The molecule has 0 atom stereocenters. The highest BCUT2D eigenvalue weighted by Gasteiger charge is 2.13. The third-order valence-electron chi connectivity index (χ3n) is 4.45. The average Bonchev–Trinajstić information content (AvgIpc) is 3.03. The number of rotatable bonds is 7. The first-order chi connectivity index (χ1) is 14.3. The van der Waals surface area contributed by atoms with Crippen LogP contribution in [0.2, 0.25) is 0 Å². The van der Waals surface area contributed by atoms with Crippen LogP contribution in [0.15, 0.2) is 47.6 Å². The zero-order valence-electron chi connectivity index (χ0n) is 17.5. The van der Waals surface area contributed by atoms with Crippen molar-refractivity contribution in [1.29, 1.82) is 0 Å². The van der Waals surface area contributed by atoms with Gasteiger partial charge in [-0.25, -0.2) is 0 Å². The number of hydrogen-bond acceptors (Lipinski definition) is 5. The van der Waals surface area contributed by atoms with Crippen molar-refractivity contribution in [2.75, 3.05) is 11.1 Å². The quantitative estimate of drug-likeness (QED) is 0.569. The van der Waals surface area contributed by atoms with E-state index < -0.39 is 0 Å². The Morgan fingerprint density at radius 1 is 1.00 bits per heavy atom. The van der Waals surface area contributed by atoms with Crippen molar-refractivity contribution in [3.63, 3.8) is 0 Å². The zero-order valence-corrected chi connectivity index (χ0v) is 18.3. The van der Waals surface area contributed by atoms with E-state index in [1.807, 2.05) is 58.2 Å². The second kappa shape index (κ2) is 9.58. The van der Waals surface area contributed by atoms with Gasteiger partial charge < -0.3 is 15.2 Å². The SMILES string of the molecule is Cc1cc(C)cc(NC(=O)CSc2nnc(CNC(=O)c3cccc(C)c3)n2C)c1. The number of nitrogens with one attached hydrogen (secondary N) is 2. The second-order valence-electron chi connectivity index (χ2n) is 7.22. The number of carbonyl (C=O) groups excluding carboxylic acids is 2. The van der Waals surface area contributed by atoms with E-state index >= 15 is 0 Å². The van der Waals surface area contributed by atoms with Gasteiger partial charge in [0.2, 0.25) is 5.91 Å². The lowest BCUT2D eigenvalue weighted by Crippen LogP contribution is -2.24. The Labute approximate surface area is 180 Å². The van der Waals surface area contributed by atoms with Crippen LogP contribution < -0.4 is 10.6 Å². The maximum Gasteiger partial charge on any atom is 0.251 e. The molecular weight excluding hydrogens is 398 g/mol. The van der Waals surface area contributed by atoms with E-state index in [1.54, 1.807) is 10.6 Å². The number of carbonyl (C=O) groups is 2. The van der Waals surface area contributed by atoms with Crippen molar-refractivity contribution >= 4 is 29.3 Å². The van der Waals surface area contributed by atoms with Crippen LogP contribution in [0.1, 0.15) is 32.9 Å². The Morgan fingerprint density at radius 2 is 1.73 bits per heavy atom. The van der Waals surface area contributed by atoms with Crippen molar-refractivity contribution in [3.8, 4) is 0 Å². The molecule has 0 spiro atoms. The van der Waals surface area contributed by atoms with E-state index in [9.17, 15) is 9.59 Å². The third-order valence-corrected chi connectivity index (χ3v) is 5.47. The predicted octanol–water partition coefficient (Wildman–Crippen LogP) is 3.40. The molecule has 0 saturated heterocycles. The molecule has 3 aromatic rings. The van der Waals surface area contributed by atoms with Crippen LogP contribution in [0.4, 0.5) is 5.69 Å². The molecule has 0 radical (unpaired) electrons. The number of benzene rings is 2. The summed E-state index contributed by atoms with van der Waals surface area (Å²) in [6.07, 6.45) is 0. The molecule has 0 bridgehead atoms. The van der Waals surface area contributed by atoms with E-state index in [4.69, 9.17) is 0 Å². The number of aryl methyl sites for hydroxylation is 3. The van der Waals surface area contributed by atoms with Gasteiger partial charge in [-0.2, -0.15) is 0 Å². The Morgan fingerprint density at radius 3 is 2.43 bits per heavy atom. The number of nitrogens with zero attached hydrogens (tertiary/aromatic N) is 3. The van der Waals surface area contributed by atoms with E-state index in [1.165, 1.54) is 11.8 Å². The molecule has 0 saturated carbocycles. The summed E-state index contributed by atoms with van der Waals surface area (Å²) in [4.78, 5) is 24.6. The highest BCUT2D eigenvalue weighted by Crippen LogP contribution is 2.18. The second-order valence-corrected chi connectivity index (χ2v) is 8.17. The minimum absolute atomic E-state index is 0.109. The highest BCUT2D eigenvalue weighted by molar-refractivity contribution is 7.99. The molecule has 30 heavy (non-hydrogen) atoms. The Kier molecular flexibility index (Phi) is 6.89. The van der Waals surface area contributed by atoms with Gasteiger partial charge in [-0.1, -0.05) is 35.5 Å². The molecule has 2 amide bonds. The smallest absolute Gasteiger partial charge is 0.251 e. The lowest BCUT2D eigenvalue weighted by molar-refractivity contribution is -0.113. The summed E-state index contributed by atoms with van der Waals surface area (Å²) >= 11 is 1.30. The number of thioether (sulfide) groups is 1. The van der Waals surface area contributed by atoms with Crippen molar-refractivity contribution in [1.82, 2.24) is 20.1 Å². The van der Waals surface area contributed by atoms with Gasteiger partial charge in [0, 0.05) is 18.3 Å². The number of aromatic nitrogens is 3. The first kappa shape index (κ1) is 21.6. The first-order valence-corrected chi connectivity index (χ1v) is 10.5. The molecule has 156 valence electrons. The van der Waals surface area contributed by atoms with Crippen LogP contribution in [0, 0.1) is 20.8 Å². The van der Waals surface area contributed by atoms with Gasteiger partial charge in [0.1, 0.15) is 0 Å². The minimum atomic E-state index is -0.163. The molecule has 1 heterocycles. The summed E-state index contributed by atoms with van der Waals surface area (Å²) in [7, 11) is 1.82. The fourth-order valence-electron chi connectivity index (χ4n) is 3.05. The van der Waals surface area contributed by atoms with Crippen LogP contribution >= 0.6 is 11.8 Å². The summed E-state index contributed by atoms with van der Waals surface area (Å²) < 4.78 is 1.78. The van der Waals surface area contributed by atoms with Gasteiger partial charge in [0.25, 0.3) is 5.91 Å². The largest absolute Gasteiger partial charge is 0.345 e. The van der Waals surface area contributed by atoms with Gasteiger partial charge in [-0.05, 0) is 56.2 Å². The molecule has 1 aromatic heterocycles. The lowest BCUT2D eigenvalue weighted by Gasteiger charge is -2.08. The fraction of sp³-hybridized carbons (Fsp3) is 0.273. The van der Waals surface area contributed by atoms with Crippen molar-refractivity contribution in [3.05, 3.63) is 70.5 Å². The number of hydrogen-bond donors (Lipinski definition) is 2. The van der Waals surface area contributed by atoms with E-state index in [0.717, 1.165) is 22.4 Å². The van der Waals surface area contributed by atoms with Gasteiger partial charge in [-0.3, -0.25) is 9.59 Å². The first-order valence-electron chi connectivity index (χ1n) is 9.56. The number of anilines is 1. The highest BCUT2D eigenvalue weighted by atomic mass is 32.2. The van der Waals surface area contributed by atoms with Gasteiger partial charge in [0.15, 0.2) is 11.0 Å². The maximum absolute atomic E-state index is 12.3. The Hall–Kier alpha value is -3.13. The minimum Gasteiger partial charge on any atom is -0.345 e. The van der Waals surface area contributed by atoms with Crippen LogP contribution in [0.3, 0.4) is 0 Å². The summed E-state index contributed by atoms with van der Waals surface area (Å²) in [5.41, 5.74) is 4.62. The lowest BCUT2D eigenvalue weighted by atomic mass is 10.1. The molecular formula is C22H25N5O2S. The molecule has 0 aliphatic heterocycles. The molecule has 2 N–H and O–H groups in total. The average molecular weight is 424 g/mol. The molecule has 0 fully saturated rings. The monoisotopic (exact) mass is 423 g/mol. The van der Waals surface area contributed by atoms with Gasteiger partial charge in [-0.15, -0.1) is 10.2 Å². The van der Waals surface area contributed by atoms with Crippen LogP contribution in [0.5, 0.6) is 0 Å². The van der Waals surface area contributed by atoms with Crippen LogP contribution in [-0.4, -0.2) is 32.3 Å². The molecule has 7 nitrogen and oxygen atoms in total. The van der Waals surface area contributed by atoms with Gasteiger partial charge in [0.05, 0.1) is 12.3 Å². The van der Waals surface area contributed by atoms with E-state index in [0.29, 0.717) is 16.5 Å². The molecule has 0 aliphatic rings. The summed E-state index contributed by atoms with van der Waals surface area (Å²) in [5, 5.41) is 14.6. The topological polar surface area (TPSA) is 88.9 Å². The molecule has 0 aliphatic carbocycles. The van der Waals surface area contributed by atoms with Crippen molar-refractivity contribution in [2.24, 2.45) is 7.05 Å². The molecule has 3 rings (SSSR count). The van der Waals surface area contributed by atoms with Crippen LogP contribution in [0.25, 0.3) is 0 Å². The Balaban J connectivity index is 1.53. The fourth-order valence-corrected chi connectivity index (χ4v) is 3.78. The predicted molar refractivity (Wildman–Crippen MR) is 119 cm³/mol. The molecule has 8 heteroatoms. The summed E-state index contributed by atoms with van der Waals surface area (Å²) in [6.45, 7) is 6.19. The van der Waals surface area contributed by atoms with E-state index in [2.05, 4.69) is 26.9 Å². The van der Waals surface area contributed by atoms with Crippen molar-refractivity contribution < 1.29 is 9.59 Å². The third kappa shape index (κ3) is 5.70. The van der Waals surface area contributed by atoms with Gasteiger partial charge >= 0.3 is 0 Å². The van der Waals surface area contributed by atoms with E-state index in [-0.39, 0.29) is 24.1 Å². The maximum atomic E-state index is 12.3. The standard InChI is InChI=1S/C22H25N5O2S/c1-14-6-5-7-17(9-14)21(29)23-12-19-25-26-22(27(19)4)30-13-20(28)24-18-10-15(2)8-16(3)11-18/h5-11H,12-13H2,1-4H3,(H,23,29)(H,24,28). The number of amides is 2. The zero-order chi connectivity index (χ0) is 21.7. The molecule has 0 unspecified atom stereocenters. The summed E-state index contributed by atoms with van der Waals surface area (Å²) in [6, 6.07) is 13.3. The van der Waals surface area contributed by atoms with Crippen LogP contribution in [-0.2, 0) is 18.4 Å².